The van der Waals surface area contributed by atoms with E-state index in [1.54, 1.807) is 36.4 Å². The van der Waals surface area contributed by atoms with Gasteiger partial charge in [0, 0.05) is 5.56 Å². The average Bonchev–Trinajstić information content (AvgIpc) is 2.95. The van der Waals surface area contributed by atoms with Crippen molar-refractivity contribution < 1.29 is 59.1 Å². The lowest BCUT2D eigenvalue weighted by Crippen LogP contribution is -2.60. The number of hydrogen-bond donors (Lipinski definition) is 6. The van der Waals surface area contributed by atoms with Crippen molar-refractivity contribution in [2.24, 2.45) is 0 Å². The fraction of sp³-hybridized carbons (Fsp3) is 0.462. The summed E-state index contributed by atoms with van der Waals surface area (Å²) in [7, 11) is 2.89. The van der Waals surface area contributed by atoms with Gasteiger partial charge in [0.2, 0.25) is 12.0 Å². The van der Waals surface area contributed by atoms with Crippen LogP contribution >= 0.6 is 0 Å². The van der Waals surface area contributed by atoms with E-state index in [1.807, 2.05) is 0 Å². The van der Waals surface area contributed by atoms with E-state index in [0.717, 1.165) is 0 Å². The predicted octanol–water partition coefficient (Wildman–Crippen LogP) is -0.239. The lowest BCUT2D eigenvalue weighted by molar-refractivity contribution is -0.277. The van der Waals surface area contributed by atoms with Crippen molar-refractivity contribution in [2.75, 3.05) is 34.0 Å². The number of benzene rings is 2. The van der Waals surface area contributed by atoms with Gasteiger partial charge >= 0.3 is 0 Å². The van der Waals surface area contributed by atoms with E-state index < -0.39 is 49.5 Å². The highest BCUT2D eigenvalue weighted by Gasteiger charge is 2.45. The van der Waals surface area contributed by atoms with Crippen LogP contribution in [0.4, 0.5) is 0 Å². The van der Waals surface area contributed by atoms with Crippen LogP contribution in [0.5, 0.6) is 28.7 Å². The van der Waals surface area contributed by atoms with Crippen LogP contribution in [0, 0.1) is 0 Å². The molecule has 2 aliphatic rings. The van der Waals surface area contributed by atoms with Crippen LogP contribution in [-0.2, 0) is 4.74 Å². The summed E-state index contributed by atoms with van der Waals surface area (Å²) < 4.78 is 34.3. The first-order valence-electron chi connectivity index (χ1n) is 11.9. The molecule has 4 rings (SSSR count). The smallest absolute Gasteiger partial charge is 0.229 e. The van der Waals surface area contributed by atoms with Gasteiger partial charge in [-0.1, -0.05) is 18.2 Å². The zero-order valence-corrected chi connectivity index (χ0v) is 20.8. The third kappa shape index (κ3) is 5.52. The minimum Gasteiger partial charge on any atom is -0.493 e. The molecule has 6 N–H and O–H groups in total. The van der Waals surface area contributed by atoms with Crippen LogP contribution in [0.1, 0.15) is 17.2 Å². The number of aliphatic hydroxyl groups is 6. The molecule has 2 aromatic carbocycles. The summed E-state index contributed by atoms with van der Waals surface area (Å²) in [6.07, 6.45) is -5.51. The van der Waals surface area contributed by atoms with E-state index >= 15 is 0 Å². The minimum absolute atomic E-state index is 0.136. The average molecular weight is 537 g/mol. The molecule has 1 fully saturated rings. The zero-order valence-electron chi connectivity index (χ0n) is 20.8. The molecule has 0 aliphatic carbocycles. The molecule has 2 aliphatic heterocycles. The molecule has 208 valence electrons. The van der Waals surface area contributed by atoms with Gasteiger partial charge in [0.1, 0.15) is 24.4 Å². The van der Waals surface area contributed by atoms with Crippen molar-refractivity contribution in [1.29, 1.82) is 0 Å². The molecule has 0 saturated carbocycles. The van der Waals surface area contributed by atoms with E-state index in [0.29, 0.717) is 28.4 Å². The standard InChI is InChI=1S/C26H32O12/c1-33-16-10-14(5-6-15(16)37-26-23(32)22(31)21(30)19(11-28)38-26)24-20(12-29)36-25-17(34-2)8-13(4-3-7-27)9-18(25)35-24/h3-6,8-10,19-24,26-32H,7,11-12H2,1-2H3/b4-3+/t19-,20+,21-,22+,23-,24-,26-/m1/s1. The van der Waals surface area contributed by atoms with E-state index in [-0.39, 0.29) is 24.7 Å². The molecule has 0 bridgehead atoms. The number of ether oxygens (including phenoxy) is 6. The van der Waals surface area contributed by atoms with Gasteiger partial charge in [0.05, 0.1) is 34.0 Å². The Morgan fingerprint density at radius 3 is 2.21 bits per heavy atom. The third-order valence-corrected chi connectivity index (χ3v) is 6.33. The van der Waals surface area contributed by atoms with Gasteiger partial charge in [-0.3, -0.25) is 0 Å². The Bertz CT molecular complexity index is 1120. The SMILES string of the molecule is COc1cc([C@H]2Oc3cc(/C=C/CO)cc(OC)c3O[C@H]2CO)ccc1O[C@@H]1O[C@H](CO)[C@@H](O)[C@H](O)[C@H]1O. The Morgan fingerprint density at radius 1 is 0.816 bits per heavy atom. The molecule has 12 nitrogen and oxygen atoms in total. The van der Waals surface area contributed by atoms with Gasteiger partial charge in [-0.05, 0) is 29.8 Å². The highest BCUT2D eigenvalue weighted by Crippen LogP contribution is 2.47. The highest BCUT2D eigenvalue weighted by atomic mass is 16.7. The van der Waals surface area contributed by atoms with Gasteiger partial charge in [-0.2, -0.15) is 0 Å². The lowest BCUT2D eigenvalue weighted by Gasteiger charge is -2.39. The summed E-state index contributed by atoms with van der Waals surface area (Å²) in [5, 5.41) is 58.9. The molecule has 0 unspecified atom stereocenters. The molecule has 7 atom stereocenters. The molecular formula is C26H32O12. The van der Waals surface area contributed by atoms with Crippen LogP contribution in [0.2, 0.25) is 0 Å². The summed E-state index contributed by atoms with van der Waals surface area (Å²) in [5.41, 5.74) is 1.28. The van der Waals surface area contributed by atoms with Crippen molar-refractivity contribution >= 4 is 6.08 Å². The van der Waals surface area contributed by atoms with Gasteiger partial charge < -0.3 is 59.1 Å². The first-order chi connectivity index (χ1) is 18.3. The van der Waals surface area contributed by atoms with Crippen LogP contribution in [-0.4, -0.2) is 101 Å². The molecule has 0 amide bonds. The number of methoxy groups -OCH3 is 2. The minimum atomic E-state index is -1.59. The maximum Gasteiger partial charge on any atom is 0.229 e. The van der Waals surface area contributed by atoms with Crippen LogP contribution in [0.3, 0.4) is 0 Å². The maximum absolute atomic E-state index is 10.3. The summed E-state index contributed by atoms with van der Waals surface area (Å²) in [5.74, 6) is 1.48. The van der Waals surface area contributed by atoms with Gasteiger partial charge in [0.15, 0.2) is 35.2 Å². The quantitative estimate of drug-likeness (QED) is 0.248. The Kier molecular flexibility index (Phi) is 8.95. The Hall–Kier alpha value is -3.10. The van der Waals surface area contributed by atoms with E-state index in [1.165, 1.54) is 20.3 Å². The number of fused-ring (bicyclic) bond motifs is 1. The summed E-state index contributed by atoms with van der Waals surface area (Å²) >= 11 is 0. The number of rotatable bonds is 9. The van der Waals surface area contributed by atoms with Crippen LogP contribution < -0.4 is 23.7 Å². The molecular weight excluding hydrogens is 504 g/mol. The summed E-state index contributed by atoms with van der Waals surface area (Å²) in [6.45, 7) is -1.10. The van der Waals surface area contributed by atoms with E-state index in [2.05, 4.69) is 0 Å². The molecule has 0 aromatic heterocycles. The zero-order chi connectivity index (χ0) is 27.4. The fourth-order valence-electron chi connectivity index (χ4n) is 4.33. The van der Waals surface area contributed by atoms with Crippen molar-refractivity contribution in [3.8, 4) is 28.7 Å². The maximum atomic E-state index is 10.3. The Labute approximate surface area is 218 Å². The summed E-state index contributed by atoms with van der Waals surface area (Å²) in [4.78, 5) is 0. The molecule has 38 heavy (non-hydrogen) atoms. The lowest BCUT2D eigenvalue weighted by atomic mass is 9.99. The first-order valence-corrected chi connectivity index (χ1v) is 11.9. The van der Waals surface area contributed by atoms with Gasteiger partial charge in [0.25, 0.3) is 0 Å². The second-order valence-electron chi connectivity index (χ2n) is 8.74. The first kappa shape index (κ1) is 27.9. The Balaban J connectivity index is 1.61. The van der Waals surface area contributed by atoms with Gasteiger partial charge in [-0.25, -0.2) is 0 Å². The predicted molar refractivity (Wildman–Crippen MR) is 131 cm³/mol. The molecule has 12 heteroatoms. The monoisotopic (exact) mass is 536 g/mol. The number of aliphatic hydroxyl groups excluding tert-OH is 6. The van der Waals surface area contributed by atoms with Crippen LogP contribution in [0.15, 0.2) is 36.4 Å². The van der Waals surface area contributed by atoms with E-state index in [4.69, 9.17) is 33.5 Å². The van der Waals surface area contributed by atoms with Crippen molar-refractivity contribution in [3.63, 3.8) is 0 Å². The second-order valence-corrected chi connectivity index (χ2v) is 8.74. The largest absolute Gasteiger partial charge is 0.493 e. The molecule has 2 heterocycles. The second kappa shape index (κ2) is 12.2. The van der Waals surface area contributed by atoms with Crippen molar-refractivity contribution in [2.45, 2.75) is 42.9 Å². The molecule has 0 spiro atoms. The van der Waals surface area contributed by atoms with Crippen molar-refractivity contribution in [1.82, 2.24) is 0 Å². The molecule has 0 radical (unpaired) electrons. The number of hydrogen-bond acceptors (Lipinski definition) is 12. The van der Waals surface area contributed by atoms with Gasteiger partial charge in [-0.15, -0.1) is 0 Å². The molecule has 2 aromatic rings. The highest BCUT2D eigenvalue weighted by molar-refractivity contribution is 5.63. The molecule has 1 saturated heterocycles. The Morgan fingerprint density at radius 2 is 1.55 bits per heavy atom. The topological polar surface area (TPSA) is 177 Å². The van der Waals surface area contributed by atoms with Crippen LogP contribution in [0.25, 0.3) is 6.08 Å². The normalized spacial score (nSPS) is 28.8. The summed E-state index contributed by atoms with van der Waals surface area (Å²) in [6, 6.07) is 8.23. The van der Waals surface area contributed by atoms with E-state index in [9.17, 15) is 25.5 Å². The van der Waals surface area contributed by atoms with Crippen molar-refractivity contribution in [3.05, 3.63) is 47.5 Å². The third-order valence-electron chi connectivity index (χ3n) is 6.33. The fourth-order valence-corrected chi connectivity index (χ4v) is 4.33.